The number of rotatable bonds is 5. The molecule has 0 bridgehead atoms. The summed E-state index contributed by atoms with van der Waals surface area (Å²) in [5.74, 6) is 0.114. The van der Waals surface area contributed by atoms with Crippen molar-refractivity contribution in [2.75, 3.05) is 12.3 Å². The predicted octanol–water partition coefficient (Wildman–Crippen LogP) is 2.59. The van der Waals surface area contributed by atoms with Crippen LogP contribution in [0.5, 0.6) is 0 Å². The standard InChI is InChI=1S/C16H22N2O2S/c1-3-15-8-7-13(2)18(15)9-10-21(19,20)16-6-4-5-14(11-16)12-17/h4-6,11,13,15H,3,7-10H2,1-2H3. The van der Waals surface area contributed by atoms with E-state index in [0.717, 1.165) is 19.3 Å². The van der Waals surface area contributed by atoms with Gasteiger partial charge in [0.2, 0.25) is 0 Å². The molecule has 1 heterocycles. The van der Waals surface area contributed by atoms with E-state index in [-0.39, 0.29) is 10.6 Å². The molecule has 0 radical (unpaired) electrons. The molecule has 2 rings (SSSR count). The van der Waals surface area contributed by atoms with Gasteiger partial charge in [-0.2, -0.15) is 5.26 Å². The second-order valence-electron chi connectivity index (χ2n) is 5.68. The second kappa shape index (κ2) is 6.59. The smallest absolute Gasteiger partial charge is 0.179 e. The Morgan fingerprint density at radius 3 is 2.81 bits per heavy atom. The Morgan fingerprint density at radius 2 is 2.14 bits per heavy atom. The van der Waals surface area contributed by atoms with E-state index in [4.69, 9.17) is 5.26 Å². The van der Waals surface area contributed by atoms with Crippen molar-refractivity contribution in [3.8, 4) is 6.07 Å². The van der Waals surface area contributed by atoms with Crippen LogP contribution in [0.4, 0.5) is 0 Å². The third kappa shape index (κ3) is 3.63. The van der Waals surface area contributed by atoms with Gasteiger partial charge in [-0.05, 0) is 44.4 Å². The maximum absolute atomic E-state index is 12.4. The number of hydrogen-bond acceptors (Lipinski definition) is 4. The van der Waals surface area contributed by atoms with Crippen molar-refractivity contribution in [2.45, 2.75) is 50.1 Å². The first-order valence-corrected chi connectivity index (χ1v) is 9.12. The molecular weight excluding hydrogens is 284 g/mol. The average molecular weight is 306 g/mol. The summed E-state index contributed by atoms with van der Waals surface area (Å²) in [6, 6.07) is 9.21. The van der Waals surface area contributed by atoms with Gasteiger partial charge in [0.05, 0.1) is 22.3 Å². The molecule has 2 atom stereocenters. The molecule has 0 amide bonds. The molecule has 2 unspecified atom stereocenters. The molecule has 0 aromatic heterocycles. The lowest BCUT2D eigenvalue weighted by atomic mass is 10.2. The summed E-state index contributed by atoms with van der Waals surface area (Å²) >= 11 is 0. The van der Waals surface area contributed by atoms with E-state index in [0.29, 0.717) is 24.2 Å². The SMILES string of the molecule is CCC1CCC(C)N1CCS(=O)(=O)c1cccc(C#N)c1. The average Bonchev–Trinajstić information content (AvgIpc) is 2.85. The van der Waals surface area contributed by atoms with Crippen LogP contribution in [-0.2, 0) is 9.84 Å². The lowest BCUT2D eigenvalue weighted by Crippen LogP contribution is -2.37. The number of sulfone groups is 1. The Labute approximate surface area is 127 Å². The van der Waals surface area contributed by atoms with Gasteiger partial charge in [0.15, 0.2) is 9.84 Å². The Hall–Kier alpha value is -1.38. The number of nitrogens with zero attached hydrogens (tertiary/aromatic N) is 2. The molecule has 0 aliphatic carbocycles. The molecule has 114 valence electrons. The number of nitriles is 1. The first-order chi connectivity index (χ1) is 9.97. The van der Waals surface area contributed by atoms with Crippen LogP contribution in [0, 0.1) is 11.3 Å². The highest BCUT2D eigenvalue weighted by Gasteiger charge is 2.30. The van der Waals surface area contributed by atoms with E-state index >= 15 is 0 Å². The van der Waals surface area contributed by atoms with E-state index in [1.807, 2.05) is 6.07 Å². The van der Waals surface area contributed by atoms with Gasteiger partial charge in [-0.15, -0.1) is 0 Å². The molecule has 0 spiro atoms. The highest BCUT2D eigenvalue weighted by molar-refractivity contribution is 7.91. The monoisotopic (exact) mass is 306 g/mol. The lowest BCUT2D eigenvalue weighted by Gasteiger charge is -2.27. The Morgan fingerprint density at radius 1 is 1.38 bits per heavy atom. The van der Waals surface area contributed by atoms with Gasteiger partial charge >= 0.3 is 0 Å². The van der Waals surface area contributed by atoms with Crippen LogP contribution < -0.4 is 0 Å². The molecule has 5 heteroatoms. The van der Waals surface area contributed by atoms with Gasteiger partial charge in [0.1, 0.15) is 0 Å². The van der Waals surface area contributed by atoms with E-state index in [1.54, 1.807) is 18.2 Å². The quantitative estimate of drug-likeness (QED) is 0.839. The highest BCUT2D eigenvalue weighted by Crippen LogP contribution is 2.26. The summed E-state index contributed by atoms with van der Waals surface area (Å²) < 4.78 is 24.8. The molecular formula is C16H22N2O2S. The zero-order valence-corrected chi connectivity index (χ0v) is 13.4. The van der Waals surface area contributed by atoms with Crippen molar-refractivity contribution in [1.82, 2.24) is 4.90 Å². The van der Waals surface area contributed by atoms with Crippen LogP contribution in [0.1, 0.15) is 38.7 Å². The van der Waals surface area contributed by atoms with Gasteiger partial charge < -0.3 is 0 Å². The largest absolute Gasteiger partial charge is 0.297 e. The number of benzene rings is 1. The number of likely N-dealkylation sites (tertiary alicyclic amines) is 1. The van der Waals surface area contributed by atoms with Gasteiger partial charge in [-0.1, -0.05) is 13.0 Å². The van der Waals surface area contributed by atoms with Crippen LogP contribution in [0.3, 0.4) is 0 Å². The summed E-state index contributed by atoms with van der Waals surface area (Å²) in [6.45, 7) is 4.89. The van der Waals surface area contributed by atoms with Crippen molar-refractivity contribution in [3.63, 3.8) is 0 Å². The Balaban J connectivity index is 2.09. The molecule has 0 saturated carbocycles. The van der Waals surface area contributed by atoms with Crippen LogP contribution in [0.15, 0.2) is 29.2 Å². The molecule has 1 fully saturated rings. The molecule has 1 aromatic carbocycles. The first-order valence-electron chi connectivity index (χ1n) is 7.46. The summed E-state index contributed by atoms with van der Waals surface area (Å²) in [5.41, 5.74) is 0.386. The summed E-state index contributed by atoms with van der Waals surface area (Å²) in [4.78, 5) is 2.56. The molecule has 4 nitrogen and oxygen atoms in total. The molecule has 1 saturated heterocycles. The van der Waals surface area contributed by atoms with Crippen molar-refractivity contribution in [2.24, 2.45) is 0 Å². The first kappa shape index (κ1) is 16.0. The van der Waals surface area contributed by atoms with Crippen LogP contribution >= 0.6 is 0 Å². The molecule has 0 N–H and O–H groups in total. The van der Waals surface area contributed by atoms with Crippen molar-refractivity contribution < 1.29 is 8.42 Å². The minimum Gasteiger partial charge on any atom is -0.297 e. The fourth-order valence-electron chi connectivity index (χ4n) is 3.07. The second-order valence-corrected chi connectivity index (χ2v) is 7.79. The van der Waals surface area contributed by atoms with Crippen LogP contribution in [-0.4, -0.2) is 37.7 Å². The van der Waals surface area contributed by atoms with Gasteiger partial charge in [0, 0.05) is 18.6 Å². The van der Waals surface area contributed by atoms with E-state index in [9.17, 15) is 8.42 Å². The maximum atomic E-state index is 12.4. The predicted molar refractivity (Wildman–Crippen MR) is 82.7 cm³/mol. The van der Waals surface area contributed by atoms with Gasteiger partial charge in [0.25, 0.3) is 0 Å². The zero-order chi connectivity index (χ0) is 15.5. The lowest BCUT2D eigenvalue weighted by molar-refractivity contribution is 0.211. The Kier molecular flexibility index (Phi) is 5.02. The van der Waals surface area contributed by atoms with Gasteiger partial charge in [-0.25, -0.2) is 8.42 Å². The summed E-state index contributed by atoms with van der Waals surface area (Å²) in [6.07, 6.45) is 3.36. The third-order valence-corrected chi connectivity index (χ3v) is 6.06. The van der Waals surface area contributed by atoms with Crippen molar-refractivity contribution >= 4 is 9.84 Å². The molecule has 1 aliphatic heterocycles. The van der Waals surface area contributed by atoms with E-state index < -0.39 is 9.84 Å². The van der Waals surface area contributed by atoms with E-state index in [1.165, 1.54) is 6.07 Å². The van der Waals surface area contributed by atoms with E-state index in [2.05, 4.69) is 18.7 Å². The van der Waals surface area contributed by atoms with Gasteiger partial charge in [-0.3, -0.25) is 4.90 Å². The molecule has 21 heavy (non-hydrogen) atoms. The Bertz CT molecular complexity index is 634. The summed E-state index contributed by atoms with van der Waals surface area (Å²) in [5, 5.41) is 8.88. The fraction of sp³-hybridized carbons (Fsp3) is 0.562. The molecule has 1 aromatic rings. The number of hydrogen-bond donors (Lipinski definition) is 0. The van der Waals surface area contributed by atoms with Crippen molar-refractivity contribution in [3.05, 3.63) is 29.8 Å². The normalized spacial score (nSPS) is 23.1. The topological polar surface area (TPSA) is 61.2 Å². The van der Waals surface area contributed by atoms with Crippen molar-refractivity contribution in [1.29, 1.82) is 5.26 Å². The minimum atomic E-state index is -3.33. The fourth-order valence-corrected chi connectivity index (χ4v) is 4.35. The minimum absolute atomic E-state index is 0.114. The van der Waals surface area contributed by atoms with Crippen LogP contribution in [0.2, 0.25) is 0 Å². The zero-order valence-electron chi connectivity index (χ0n) is 12.6. The van der Waals surface area contributed by atoms with Crippen LogP contribution in [0.25, 0.3) is 0 Å². The molecule has 1 aliphatic rings. The highest BCUT2D eigenvalue weighted by atomic mass is 32.2. The maximum Gasteiger partial charge on any atom is 0.179 e. The third-order valence-electron chi connectivity index (χ3n) is 4.36. The summed E-state index contributed by atoms with van der Waals surface area (Å²) in [7, 11) is -3.33.